The monoisotopic (exact) mass is 425 g/mol. The largest absolute Gasteiger partial charge is 0.497 e. The number of methoxy groups -OCH3 is 2. The molecule has 1 aliphatic rings. The van der Waals surface area contributed by atoms with E-state index < -0.39 is 0 Å². The molecule has 1 fully saturated rings. The fraction of sp³-hybridized carbons (Fsp3) is 0.417. The molecule has 0 aliphatic heterocycles. The van der Waals surface area contributed by atoms with Crippen LogP contribution in [0.5, 0.6) is 11.5 Å². The SMILES string of the molecule is COc1ccc(OC)c(CN(C(=O)CCNC(=O)N(C)Cc2ccccc2)C2CC2)c1. The quantitative estimate of drug-likeness (QED) is 0.633. The summed E-state index contributed by atoms with van der Waals surface area (Å²) in [6, 6.07) is 15.5. The number of carbonyl (C=O) groups excluding carboxylic acids is 2. The first-order chi connectivity index (χ1) is 15.0. The first kappa shape index (κ1) is 22.5. The summed E-state index contributed by atoms with van der Waals surface area (Å²) in [5.74, 6) is 1.49. The van der Waals surface area contributed by atoms with Gasteiger partial charge >= 0.3 is 6.03 Å². The van der Waals surface area contributed by atoms with Crippen LogP contribution in [-0.4, -0.2) is 55.6 Å². The number of rotatable bonds is 10. The van der Waals surface area contributed by atoms with Crippen LogP contribution in [0.1, 0.15) is 30.4 Å². The normalized spacial score (nSPS) is 12.7. The minimum absolute atomic E-state index is 0.0263. The maximum absolute atomic E-state index is 12.9. The van der Waals surface area contributed by atoms with E-state index in [1.807, 2.05) is 53.4 Å². The summed E-state index contributed by atoms with van der Waals surface area (Å²) >= 11 is 0. The predicted molar refractivity (Wildman–Crippen MR) is 119 cm³/mol. The molecule has 31 heavy (non-hydrogen) atoms. The summed E-state index contributed by atoms with van der Waals surface area (Å²) < 4.78 is 10.8. The third-order valence-electron chi connectivity index (χ3n) is 5.36. The van der Waals surface area contributed by atoms with E-state index in [2.05, 4.69) is 5.32 Å². The van der Waals surface area contributed by atoms with E-state index in [0.29, 0.717) is 19.6 Å². The summed E-state index contributed by atoms with van der Waals surface area (Å²) in [6.07, 6.45) is 2.27. The average molecular weight is 426 g/mol. The van der Waals surface area contributed by atoms with Crippen LogP contribution in [0.2, 0.25) is 0 Å². The maximum atomic E-state index is 12.9. The second kappa shape index (κ2) is 10.7. The Kier molecular flexibility index (Phi) is 7.76. The van der Waals surface area contributed by atoms with Crippen LogP contribution in [0.4, 0.5) is 4.79 Å². The molecule has 0 saturated heterocycles. The van der Waals surface area contributed by atoms with E-state index in [1.54, 1.807) is 26.2 Å². The molecule has 0 heterocycles. The number of hydrogen-bond acceptors (Lipinski definition) is 4. The van der Waals surface area contributed by atoms with Gasteiger partial charge in [0.2, 0.25) is 5.91 Å². The van der Waals surface area contributed by atoms with Gasteiger partial charge in [-0.15, -0.1) is 0 Å². The fourth-order valence-corrected chi connectivity index (χ4v) is 3.48. The Morgan fingerprint density at radius 3 is 2.42 bits per heavy atom. The number of amides is 3. The lowest BCUT2D eigenvalue weighted by Crippen LogP contribution is -2.40. The van der Waals surface area contributed by atoms with Gasteiger partial charge in [-0.05, 0) is 36.6 Å². The van der Waals surface area contributed by atoms with Crippen molar-refractivity contribution in [2.45, 2.75) is 38.4 Å². The lowest BCUT2D eigenvalue weighted by atomic mass is 10.1. The van der Waals surface area contributed by atoms with Crippen molar-refractivity contribution in [3.05, 3.63) is 59.7 Å². The fourth-order valence-electron chi connectivity index (χ4n) is 3.48. The molecule has 0 unspecified atom stereocenters. The Balaban J connectivity index is 1.53. The molecule has 1 saturated carbocycles. The van der Waals surface area contributed by atoms with E-state index >= 15 is 0 Å². The highest BCUT2D eigenvalue weighted by Crippen LogP contribution is 2.32. The lowest BCUT2D eigenvalue weighted by molar-refractivity contribution is -0.132. The minimum atomic E-state index is -0.191. The molecular formula is C24H31N3O4. The Bertz CT molecular complexity index is 884. The van der Waals surface area contributed by atoms with Crippen molar-refractivity contribution < 1.29 is 19.1 Å². The third kappa shape index (κ3) is 6.38. The number of hydrogen-bond donors (Lipinski definition) is 1. The molecule has 0 aromatic heterocycles. The zero-order valence-electron chi connectivity index (χ0n) is 18.5. The van der Waals surface area contributed by atoms with Gasteiger partial charge in [-0.1, -0.05) is 30.3 Å². The van der Waals surface area contributed by atoms with Crippen LogP contribution in [0.3, 0.4) is 0 Å². The molecule has 2 aromatic rings. The number of carbonyl (C=O) groups is 2. The van der Waals surface area contributed by atoms with Crippen molar-refractivity contribution in [2.75, 3.05) is 27.8 Å². The van der Waals surface area contributed by atoms with Crippen LogP contribution in [-0.2, 0) is 17.9 Å². The molecular weight excluding hydrogens is 394 g/mol. The molecule has 1 aliphatic carbocycles. The van der Waals surface area contributed by atoms with E-state index in [0.717, 1.165) is 35.5 Å². The summed E-state index contributed by atoms with van der Waals surface area (Å²) in [6.45, 7) is 1.28. The standard InChI is InChI=1S/C24H31N3O4/c1-26(16-18-7-5-4-6-8-18)24(29)25-14-13-23(28)27(20-9-10-20)17-19-15-21(30-2)11-12-22(19)31-3/h4-8,11-12,15,20H,9-10,13-14,16-17H2,1-3H3,(H,25,29). The average Bonchev–Trinajstić information content (AvgIpc) is 3.62. The van der Waals surface area contributed by atoms with Gasteiger partial charge in [0.1, 0.15) is 11.5 Å². The topological polar surface area (TPSA) is 71.1 Å². The molecule has 7 heteroatoms. The Morgan fingerprint density at radius 1 is 1.03 bits per heavy atom. The van der Waals surface area contributed by atoms with E-state index in [4.69, 9.17) is 9.47 Å². The number of benzene rings is 2. The van der Waals surface area contributed by atoms with Gasteiger partial charge in [0, 0.05) is 44.7 Å². The number of nitrogens with zero attached hydrogens (tertiary/aromatic N) is 2. The number of nitrogens with one attached hydrogen (secondary N) is 1. The van der Waals surface area contributed by atoms with E-state index in [9.17, 15) is 9.59 Å². The van der Waals surface area contributed by atoms with Crippen LogP contribution < -0.4 is 14.8 Å². The zero-order valence-corrected chi connectivity index (χ0v) is 18.5. The van der Waals surface area contributed by atoms with Crippen molar-refractivity contribution in [3.63, 3.8) is 0 Å². The first-order valence-corrected chi connectivity index (χ1v) is 10.5. The van der Waals surface area contributed by atoms with Crippen LogP contribution in [0, 0.1) is 0 Å². The Morgan fingerprint density at radius 2 is 1.77 bits per heavy atom. The first-order valence-electron chi connectivity index (χ1n) is 10.5. The molecule has 7 nitrogen and oxygen atoms in total. The molecule has 0 atom stereocenters. The highest BCUT2D eigenvalue weighted by atomic mass is 16.5. The second-order valence-corrected chi connectivity index (χ2v) is 7.75. The van der Waals surface area contributed by atoms with Gasteiger partial charge in [-0.25, -0.2) is 4.79 Å². The summed E-state index contributed by atoms with van der Waals surface area (Å²) in [4.78, 5) is 28.8. The minimum Gasteiger partial charge on any atom is -0.497 e. The van der Waals surface area contributed by atoms with Crippen LogP contribution in [0.25, 0.3) is 0 Å². The van der Waals surface area contributed by atoms with Crippen LogP contribution >= 0.6 is 0 Å². The van der Waals surface area contributed by atoms with Crippen molar-refractivity contribution in [3.8, 4) is 11.5 Å². The van der Waals surface area contributed by atoms with Gasteiger partial charge in [-0.3, -0.25) is 4.79 Å². The van der Waals surface area contributed by atoms with Gasteiger partial charge < -0.3 is 24.6 Å². The van der Waals surface area contributed by atoms with Crippen molar-refractivity contribution in [1.29, 1.82) is 0 Å². The second-order valence-electron chi connectivity index (χ2n) is 7.75. The van der Waals surface area contributed by atoms with Crippen molar-refractivity contribution in [2.24, 2.45) is 0 Å². The molecule has 0 radical (unpaired) electrons. The highest BCUT2D eigenvalue weighted by molar-refractivity contribution is 5.79. The van der Waals surface area contributed by atoms with E-state index in [1.165, 1.54) is 0 Å². The van der Waals surface area contributed by atoms with Gasteiger partial charge in [0.05, 0.1) is 14.2 Å². The number of urea groups is 1. The van der Waals surface area contributed by atoms with E-state index in [-0.39, 0.29) is 24.4 Å². The molecule has 3 amide bonds. The number of ether oxygens (including phenoxy) is 2. The zero-order chi connectivity index (χ0) is 22.2. The molecule has 1 N–H and O–H groups in total. The molecule has 0 bridgehead atoms. The van der Waals surface area contributed by atoms with Gasteiger partial charge in [0.15, 0.2) is 0 Å². The molecule has 166 valence electrons. The van der Waals surface area contributed by atoms with Gasteiger partial charge in [-0.2, -0.15) is 0 Å². The summed E-state index contributed by atoms with van der Waals surface area (Å²) in [7, 11) is 4.98. The predicted octanol–water partition coefficient (Wildman–Crippen LogP) is 3.43. The molecule has 2 aromatic carbocycles. The third-order valence-corrected chi connectivity index (χ3v) is 5.36. The highest BCUT2D eigenvalue weighted by Gasteiger charge is 2.33. The Labute approximate surface area is 183 Å². The molecule has 3 rings (SSSR count). The summed E-state index contributed by atoms with van der Waals surface area (Å²) in [5, 5.41) is 2.85. The molecule has 0 spiro atoms. The maximum Gasteiger partial charge on any atom is 0.317 e. The van der Waals surface area contributed by atoms with Gasteiger partial charge in [0.25, 0.3) is 0 Å². The van der Waals surface area contributed by atoms with Crippen molar-refractivity contribution in [1.82, 2.24) is 15.1 Å². The smallest absolute Gasteiger partial charge is 0.317 e. The van der Waals surface area contributed by atoms with Crippen LogP contribution in [0.15, 0.2) is 48.5 Å². The Hall–Kier alpha value is -3.22. The lowest BCUT2D eigenvalue weighted by Gasteiger charge is -2.24. The van der Waals surface area contributed by atoms with Crippen molar-refractivity contribution >= 4 is 11.9 Å². The summed E-state index contributed by atoms with van der Waals surface area (Å²) in [5.41, 5.74) is 1.97.